The molecule has 0 aliphatic rings. The lowest BCUT2D eigenvalue weighted by atomic mass is 9.97. The van der Waals surface area contributed by atoms with Gasteiger partial charge in [-0.25, -0.2) is 0 Å². The molecular weight excluding hydrogens is 194 g/mol. The Morgan fingerprint density at radius 2 is 2.14 bits per heavy atom. The van der Waals surface area contributed by atoms with Gasteiger partial charge in [-0.05, 0) is 24.0 Å². The Balaban J connectivity index is 2.71. The van der Waals surface area contributed by atoms with Crippen molar-refractivity contribution in [1.29, 1.82) is 5.26 Å². The number of nitrogens with zero attached hydrogens (tertiary/aromatic N) is 1. The molecule has 0 aliphatic carbocycles. The van der Waals surface area contributed by atoms with Gasteiger partial charge in [0.25, 0.3) is 0 Å². The van der Waals surface area contributed by atoms with Gasteiger partial charge in [0.1, 0.15) is 0 Å². The number of benzene rings is 1. The molecular formula is C12H14ClN. The van der Waals surface area contributed by atoms with Crippen molar-refractivity contribution < 1.29 is 0 Å². The predicted octanol–water partition coefficient (Wildman–Crippen LogP) is 3.52. The lowest BCUT2D eigenvalue weighted by molar-refractivity contribution is 0.638. The molecule has 1 aromatic rings. The maximum absolute atomic E-state index is 8.84. The van der Waals surface area contributed by atoms with Gasteiger partial charge in [-0.1, -0.05) is 31.2 Å². The van der Waals surface area contributed by atoms with Gasteiger partial charge >= 0.3 is 0 Å². The Labute approximate surface area is 90.3 Å². The van der Waals surface area contributed by atoms with Gasteiger partial charge in [-0.2, -0.15) is 5.26 Å². The van der Waals surface area contributed by atoms with E-state index in [1.165, 1.54) is 5.56 Å². The second kappa shape index (κ2) is 5.67. The van der Waals surface area contributed by atoms with Gasteiger partial charge in [0.05, 0.1) is 12.0 Å². The Kier molecular flexibility index (Phi) is 4.49. The predicted molar refractivity (Wildman–Crippen MR) is 59.1 cm³/mol. The highest BCUT2D eigenvalue weighted by atomic mass is 35.5. The van der Waals surface area contributed by atoms with Crippen molar-refractivity contribution in [3.05, 3.63) is 35.4 Å². The highest BCUT2D eigenvalue weighted by molar-refractivity contribution is 6.17. The first-order valence-corrected chi connectivity index (χ1v) is 5.37. The van der Waals surface area contributed by atoms with Crippen LogP contribution in [0.25, 0.3) is 0 Å². The molecule has 14 heavy (non-hydrogen) atoms. The van der Waals surface area contributed by atoms with E-state index in [0.29, 0.717) is 5.88 Å². The summed E-state index contributed by atoms with van der Waals surface area (Å²) in [6.45, 7) is 2.04. The molecule has 1 nitrogen and oxygen atoms in total. The van der Waals surface area contributed by atoms with Crippen molar-refractivity contribution in [1.82, 2.24) is 0 Å². The Morgan fingerprint density at radius 3 is 2.71 bits per heavy atom. The molecule has 0 radical (unpaired) electrons. The Hall–Kier alpha value is -1.00. The molecule has 0 heterocycles. The smallest absolute Gasteiger partial charge is 0.0659 e. The summed E-state index contributed by atoms with van der Waals surface area (Å²) in [4.78, 5) is 0. The maximum Gasteiger partial charge on any atom is 0.0659 e. The monoisotopic (exact) mass is 207 g/mol. The molecule has 0 aromatic heterocycles. The van der Waals surface area contributed by atoms with Gasteiger partial charge in [-0.15, -0.1) is 11.6 Å². The number of nitriles is 1. The second-order valence-corrected chi connectivity index (χ2v) is 3.66. The summed E-state index contributed by atoms with van der Waals surface area (Å²) in [6.07, 6.45) is 1.74. The summed E-state index contributed by atoms with van der Waals surface area (Å²) in [5, 5.41) is 8.84. The first-order valence-electron chi connectivity index (χ1n) is 4.83. The lowest BCUT2D eigenvalue weighted by Crippen LogP contribution is -2.00. The average molecular weight is 208 g/mol. The highest BCUT2D eigenvalue weighted by Gasteiger charge is 2.05. The minimum Gasteiger partial charge on any atom is -0.198 e. The van der Waals surface area contributed by atoms with Crippen molar-refractivity contribution in [2.24, 2.45) is 5.92 Å². The van der Waals surface area contributed by atoms with Crippen LogP contribution in [0.5, 0.6) is 0 Å². The SMILES string of the molecule is CCC(C#N)Cc1cccc(CCl)c1. The zero-order valence-corrected chi connectivity index (χ0v) is 9.09. The quantitative estimate of drug-likeness (QED) is 0.694. The van der Waals surface area contributed by atoms with Gasteiger partial charge < -0.3 is 0 Å². The third kappa shape index (κ3) is 3.05. The summed E-state index contributed by atoms with van der Waals surface area (Å²) in [7, 11) is 0. The van der Waals surface area contributed by atoms with Crippen LogP contribution in [0.3, 0.4) is 0 Å². The van der Waals surface area contributed by atoms with Crippen LogP contribution in [-0.2, 0) is 12.3 Å². The van der Waals surface area contributed by atoms with E-state index in [-0.39, 0.29) is 5.92 Å². The molecule has 1 unspecified atom stereocenters. The molecule has 0 aliphatic heterocycles. The van der Waals surface area contributed by atoms with E-state index in [4.69, 9.17) is 16.9 Å². The second-order valence-electron chi connectivity index (χ2n) is 3.39. The van der Waals surface area contributed by atoms with Crippen LogP contribution in [0.15, 0.2) is 24.3 Å². The molecule has 0 saturated heterocycles. The summed E-state index contributed by atoms with van der Waals surface area (Å²) >= 11 is 5.74. The summed E-state index contributed by atoms with van der Waals surface area (Å²) < 4.78 is 0. The van der Waals surface area contributed by atoms with Crippen LogP contribution >= 0.6 is 11.6 Å². The number of rotatable bonds is 4. The summed E-state index contributed by atoms with van der Waals surface area (Å²) in [6, 6.07) is 10.4. The fourth-order valence-corrected chi connectivity index (χ4v) is 1.57. The molecule has 0 bridgehead atoms. The van der Waals surface area contributed by atoms with Gasteiger partial charge in [-0.3, -0.25) is 0 Å². The summed E-state index contributed by atoms with van der Waals surface area (Å²) in [5.74, 6) is 0.664. The first kappa shape index (κ1) is 11.1. The molecule has 0 spiro atoms. The zero-order valence-electron chi connectivity index (χ0n) is 8.33. The molecule has 0 saturated carbocycles. The van der Waals surface area contributed by atoms with Crippen molar-refractivity contribution in [3.8, 4) is 6.07 Å². The maximum atomic E-state index is 8.84. The van der Waals surface area contributed by atoms with E-state index in [9.17, 15) is 0 Å². The number of hydrogen-bond donors (Lipinski definition) is 0. The molecule has 0 N–H and O–H groups in total. The van der Waals surface area contributed by atoms with Crippen LogP contribution in [-0.4, -0.2) is 0 Å². The zero-order chi connectivity index (χ0) is 10.4. The Morgan fingerprint density at radius 1 is 1.43 bits per heavy atom. The largest absolute Gasteiger partial charge is 0.198 e. The van der Waals surface area contributed by atoms with Crippen molar-refractivity contribution in [2.45, 2.75) is 25.6 Å². The van der Waals surface area contributed by atoms with Gasteiger partial charge in [0.2, 0.25) is 0 Å². The van der Waals surface area contributed by atoms with Crippen molar-refractivity contribution >= 4 is 11.6 Å². The van der Waals surface area contributed by atoms with Crippen molar-refractivity contribution in [2.75, 3.05) is 0 Å². The van der Waals surface area contributed by atoms with Crippen LogP contribution in [0.4, 0.5) is 0 Å². The summed E-state index contributed by atoms with van der Waals surface area (Å²) in [5.41, 5.74) is 2.33. The fraction of sp³-hybridized carbons (Fsp3) is 0.417. The van der Waals surface area contributed by atoms with E-state index in [0.717, 1.165) is 18.4 Å². The third-order valence-electron chi connectivity index (χ3n) is 2.30. The van der Waals surface area contributed by atoms with Crippen LogP contribution in [0.1, 0.15) is 24.5 Å². The number of hydrogen-bond acceptors (Lipinski definition) is 1. The average Bonchev–Trinajstić information content (AvgIpc) is 2.26. The highest BCUT2D eigenvalue weighted by Crippen LogP contribution is 2.14. The molecule has 0 fully saturated rings. The van der Waals surface area contributed by atoms with Crippen LogP contribution in [0.2, 0.25) is 0 Å². The standard InChI is InChI=1S/C12H14ClN/c1-2-10(9-14)6-11-4-3-5-12(7-11)8-13/h3-5,7,10H,2,6,8H2,1H3. The molecule has 1 aromatic carbocycles. The van der Waals surface area contributed by atoms with E-state index < -0.39 is 0 Å². The van der Waals surface area contributed by atoms with Crippen molar-refractivity contribution in [3.63, 3.8) is 0 Å². The van der Waals surface area contributed by atoms with E-state index >= 15 is 0 Å². The number of halogens is 1. The molecule has 2 heteroatoms. The number of alkyl halides is 1. The molecule has 74 valence electrons. The Bertz CT molecular complexity index is 327. The third-order valence-corrected chi connectivity index (χ3v) is 2.61. The fourth-order valence-electron chi connectivity index (χ4n) is 1.41. The topological polar surface area (TPSA) is 23.8 Å². The molecule has 0 amide bonds. The molecule has 1 atom stereocenters. The van der Waals surface area contributed by atoms with E-state index in [2.05, 4.69) is 18.2 Å². The van der Waals surface area contributed by atoms with Gasteiger partial charge in [0, 0.05) is 5.88 Å². The molecule has 1 rings (SSSR count). The van der Waals surface area contributed by atoms with Gasteiger partial charge in [0.15, 0.2) is 0 Å². The van der Waals surface area contributed by atoms with Crippen LogP contribution < -0.4 is 0 Å². The minimum atomic E-state index is 0.126. The lowest BCUT2D eigenvalue weighted by Gasteiger charge is -2.06. The van der Waals surface area contributed by atoms with E-state index in [1.54, 1.807) is 0 Å². The minimum absolute atomic E-state index is 0.126. The first-order chi connectivity index (χ1) is 6.80. The normalized spacial score (nSPS) is 12.1. The van der Waals surface area contributed by atoms with Crippen LogP contribution in [0, 0.1) is 17.2 Å². The van der Waals surface area contributed by atoms with E-state index in [1.807, 2.05) is 19.1 Å².